The predicted molar refractivity (Wildman–Crippen MR) is 86.2 cm³/mol. The molecule has 0 atom stereocenters. The van der Waals surface area contributed by atoms with Gasteiger partial charge in [-0.2, -0.15) is 5.10 Å². The number of nitrogen functional groups attached to an aromatic ring is 1. The molecule has 1 aromatic heterocycles. The molecule has 2 N–H and O–H groups in total. The van der Waals surface area contributed by atoms with Crippen molar-refractivity contribution in [1.29, 1.82) is 0 Å². The summed E-state index contributed by atoms with van der Waals surface area (Å²) in [7, 11) is 1.80. The van der Waals surface area contributed by atoms with Crippen molar-refractivity contribution in [3.05, 3.63) is 58.8 Å². The van der Waals surface area contributed by atoms with Gasteiger partial charge < -0.3 is 5.73 Å². The van der Waals surface area contributed by atoms with Crippen LogP contribution in [0.2, 0.25) is 0 Å². The van der Waals surface area contributed by atoms with Crippen LogP contribution in [-0.4, -0.2) is 9.78 Å². The third kappa shape index (κ3) is 2.56. The van der Waals surface area contributed by atoms with E-state index in [4.69, 9.17) is 5.73 Å². The standard InChI is InChI=1S/C16H13BrFN3/c1-21-16(19)14(10-4-8-13(18)9-5-10)15(20-21)11-2-6-12(17)7-3-11/h2-9H,19H2,1H3. The number of nitrogens with two attached hydrogens (primary N) is 1. The van der Waals surface area contributed by atoms with Gasteiger partial charge >= 0.3 is 0 Å². The number of aromatic nitrogens is 2. The Morgan fingerprint density at radius 3 is 2.19 bits per heavy atom. The number of benzene rings is 2. The molecule has 0 radical (unpaired) electrons. The van der Waals surface area contributed by atoms with Crippen molar-refractivity contribution in [3.63, 3.8) is 0 Å². The molecule has 0 saturated carbocycles. The zero-order valence-corrected chi connectivity index (χ0v) is 12.9. The molecule has 106 valence electrons. The SMILES string of the molecule is Cn1nc(-c2ccc(Br)cc2)c(-c2ccc(F)cc2)c1N. The fraction of sp³-hybridized carbons (Fsp3) is 0.0625. The summed E-state index contributed by atoms with van der Waals surface area (Å²) in [6.45, 7) is 0. The summed E-state index contributed by atoms with van der Waals surface area (Å²) in [6, 6.07) is 14.1. The number of hydrogen-bond acceptors (Lipinski definition) is 2. The lowest BCUT2D eigenvalue weighted by molar-refractivity contribution is 0.628. The van der Waals surface area contributed by atoms with E-state index >= 15 is 0 Å². The Kier molecular flexibility index (Phi) is 3.51. The van der Waals surface area contributed by atoms with Crippen LogP contribution in [-0.2, 0) is 7.05 Å². The van der Waals surface area contributed by atoms with E-state index in [1.807, 2.05) is 24.3 Å². The van der Waals surface area contributed by atoms with Gasteiger partial charge in [-0.15, -0.1) is 0 Å². The van der Waals surface area contributed by atoms with Crippen LogP contribution in [0.1, 0.15) is 0 Å². The van der Waals surface area contributed by atoms with Crippen molar-refractivity contribution >= 4 is 21.7 Å². The summed E-state index contributed by atoms with van der Waals surface area (Å²) in [6.07, 6.45) is 0. The second-order valence-corrected chi connectivity index (χ2v) is 5.66. The first-order valence-corrected chi connectivity index (χ1v) is 7.20. The Morgan fingerprint density at radius 1 is 1.00 bits per heavy atom. The molecular formula is C16H13BrFN3. The fourth-order valence-electron chi connectivity index (χ4n) is 2.25. The molecular weight excluding hydrogens is 333 g/mol. The lowest BCUT2D eigenvalue weighted by atomic mass is 10.0. The van der Waals surface area contributed by atoms with Crippen molar-refractivity contribution in [2.45, 2.75) is 0 Å². The lowest BCUT2D eigenvalue weighted by Gasteiger charge is -2.05. The van der Waals surface area contributed by atoms with Crippen LogP contribution in [0.5, 0.6) is 0 Å². The van der Waals surface area contributed by atoms with Crippen molar-refractivity contribution in [1.82, 2.24) is 9.78 Å². The lowest BCUT2D eigenvalue weighted by Crippen LogP contribution is -1.97. The first-order valence-electron chi connectivity index (χ1n) is 6.40. The summed E-state index contributed by atoms with van der Waals surface area (Å²) in [4.78, 5) is 0. The Balaban J connectivity index is 2.20. The zero-order chi connectivity index (χ0) is 15.0. The van der Waals surface area contributed by atoms with E-state index in [9.17, 15) is 4.39 Å². The van der Waals surface area contributed by atoms with Crippen LogP contribution >= 0.6 is 15.9 Å². The molecule has 2 aromatic carbocycles. The summed E-state index contributed by atoms with van der Waals surface area (Å²) >= 11 is 3.42. The Morgan fingerprint density at radius 2 is 1.57 bits per heavy atom. The second kappa shape index (κ2) is 5.33. The summed E-state index contributed by atoms with van der Waals surface area (Å²) < 4.78 is 15.8. The van der Waals surface area contributed by atoms with E-state index in [-0.39, 0.29) is 5.82 Å². The number of aryl methyl sites for hydroxylation is 1. The molecule has 1 heterocycles. The highest BCUT2D eigenvalue weighted by Crippen LogP contribution is 2.36. The molecule has 0 aliphatic heterocycles. The first kappa shape index (κ1) is 13.8. The van der Waals surface area contributed by atoms with E-state index in [0.29, 0.717) is 5.82 Å². The molecule has 0 aliphatic carbocycles. The van der Waals surface area contributed by atoms with Crippen LogP contribution in [0.25, 0.3) is 22.4 Å². The van der Waals surface area contributed by atoms with Gasteiger partial charge in [-0.1, -0.05) is 40.2 Å². The zero-order valence-electron chi connectivity index (χ0n) is 11.3. The summed E-state index contributed by atoms with van der Waals surface area (Å²) in [5.41, 5.74) is 9.55. The Labute approximate surface area is 130 Å². The molecule has 0 aliphatic rings. The third-order valence-electron chi connectivity index (χ3n) is 3.34. The molecule has 3 nitrogen and oxygen atoms in total. The summed E-state index contributed by atoms with van der Waals surface area (Å²) in [5.74, 6) is 0.283. The first-order chi connectivity index (χ1) is 10.1. The van der Waals surface area contributed by atoms with E-state index in [1.54, 1.807) is 23.9 Å². The van der Waals surface area contributed by atoms with Crippen LogP contribution in [0.3, 0.4) is 0 Å². The Bertz CT molecular complexity index is 777. The number of nitrogens with zero attached hydrogens (tertiary/aromatic N) is 2. The van der Waals surface area contributed by atoms with Gasteiger partial charge in [0.05, 0.1) is 5.56 Å². The highest BCUT2D eigenvalue weighted by atomic mass is 79.9. The second-order valence-electron chi connectivity index (χ2n) is 4.75. The molecule has 3 aromatic rings. The molecule has 0 bridgehead atoms. The van der Waals surface area contributed by atoms with Gasteiger partial charge in [-0.25, -0.2) is 4.39 Å². The van der Waals surface area contributed by atoms with Gasteiger partial charge in [0.2, 0.25) is 0 Å². The average molecular weight is 346 g/mol. The highest BCUT2D eigenvalue weighted by Gasteiger charge is 2.17. The van der Waals surface area contributed by atoms with E-state index in [0.717, 1.165) is 26.9 Å². The molecule has 0 spiro atoms. The van der Waals surface area contributed by atoms with Crippen molar-refractivity contribution in [2.24, 2.45) is 7.05 Å². The van der Waals surface area contributed by atoms with Crippen molar-refractivity contribution in [3.8, 4) is 22.4 Å². The minimum atomic E-state index is -0.272. The Hall–Kier alpha value is -2.14. The molecule has 0 amide bonds. The average Bonchev–Trinajstić information content (AvgIpc) is 2.77. The largest absolute Gasteiger partial charge is 0.383 e. The maximum atomic E-state index is 13.1. The predicted octanol–water partition coefficient (Wildman–Crippen LogP) is 4.24. The van der Waals surface area contributed by atoms with Gasteiger partial charge in [0.1, 0.15) is 17.3 Å². The van der Waals surface area contributed by atoms with Crippen LogP contribution in [0, 0.1) is 5.82 Å². The third-order valence-corrected chi connectivity index (χ3v) is 3.87. The van der Waals surface area contributed by atoms with Crippen molar-refractivity contribution < 1.29 is 4.39 Å². The summed E-state index contributed by atoms with van der Waals surface area (Å²) in [5, 5.41) is 4.49. The number of hydrogen-bond donors (Lipinski definition) is 1. The van der Waals surface area contributed by atoms with Gasteiger partial charge in [0.25, 0.3) is 0 Å². The molecule has 3 rings (SSSR count). The molecule has 21 heavy (non-hydrogen) atoms. The smallest absolute Gasteiger partial charge is 0.129 e. The molecule has 5 heteroatoms. The van der Waals surface area contributed by atoms with Crippen LogP contribution in [0.4, 0.5) is 10.2 Å². The van der Waals surface area contributed by atoms with Gasteiger partial charge in [-0.3, -0.25) is 4.68 Å². The van der Waals surface area contributed by atoms with E-state index < -0.39 is 0 Å². The highest BCUT2D eigenvalue weighted by molar-refractivity contribution is 9.10. The van der Waals surface area contributed by atoms with Gasteiger partial charge in [-0.05, 0) is 29.8 Å². The van der Waals surface area contributed by atoms with Crippen LogP contribution in [0.15, 0.2) is 53.0 Å². The minimum absolute atomic E-state index is 0.272. The van der Waals surface area contributed by atoms with Gasteiger partial charge in [0, 0.05) is 17.1 Å². The van der Waals surface area contributed by atoms with Gasteiger partial charge in [0.15, 0.2) is 0 Å². The monoisotopic (exact) mass is 345 g/mol. The normalized spacial score (nSPS) is 10.8. The molecule has 0 fully saturated rings. The van der Waals surface area contributed by atoms with Crippen LogP contribution < -0.4 is 5.73 Å². The molecule has 0 unspecified atom stereocenters. The molecule has 0 saturated heterocycles. The van der Waals surface area contributed by atoms with E-state index in [2.05, 4.69) is 21.0 Å². The number of halogens is 2. The maximum absolute atomic E-state index is 13.1. The van der Waals surface area contributed by atoms with Crippen molar-refractivity contribution in [2.75, 3.05) is 5.73 Å². The maximum Gasteiger partial charge on any atom is 0.129 e. The quantitative estimate of drug-likeness (QED) is 0.754. The fourth-order valence-corrected chi connectivity index (χ4v) is 2.51. The van der Waals surface area contributed by atoms with E-state index in [1.165, 1.54) is 12.1 Å². The topological polar surface area (TPSA) is 43.8 Å². The minimum Gasteiger partial charge on any atom is -0.383 e. The number of anilines is 1. The number of rotatable bonds is 2.